The van der Waals surface area contributed by atoms with E-state index in [0.29, 0.717) is 25.3 Å². The van der Waals surface area contributed by atoms with Crippen LogP contribution >= 0.6 is 11.3 Å². The summed E-state index contributed by atoms with van der Waals surface area (Å²) < 4.78 is 43.6. The van der Waals surface area contributed by atoms with Crippen LogP contribution in [0, 0.1) is 0 Å². The number of thiazole rings is 1. The highest BCUT2D eigenvalue weighted by Gasteiger charge is 2.40. The molecule has 4 rings (SSSR count). The van der Waals surface area contributed by atoms with Crippen molar-refractivity contribution in [1.29, 1.82) is 0 Å². The van der Waals surface area contributed by atoms with Gasteiger partial charge in [0.15, 0.2) is 0 Å². The maximum atomic E-state index is 12.7. The fraction of sp³-hybridized carbons (Fsp3) is 0.318. The lowest BCUT2D eigenvalue weighted by atomic mass is 9.66. The molecule has 3 nitrogen and oxygen atoms in total. The molecule has 0 saturated heterocycles. The Morgan fingerprint density at radius 2 is 1.90 bits per heavy atom. The predicted molar refractivity (Wildman–Crippen MR) is 112 cm³/mol. The summed E-state index contributed by atoms with van der Waals surface area (Å²) in [6.45, 7) is 1.90. The zero-order chi connectivity index (χ0) is 21.2. The van der Waals surface area contributed by atoms with E-state index in [-0.39, 0.29) is 0 Å². The average Bonchev–Trinajstić information content (AvgIpc) is 3.28. The van der Waals surface area contributed by atoms with Crippen LogP contribution in [0.25, 0.3) is 0 Å². The Labute approximate surface area is 178 Å². The molecule has 1 aliphatic heterocycles. The zero-order valence-corrected chi connectivity index (χ0v) is 17.0. The topological polar surface area (TPSA) is 25.4 Å². The number of hydrogen-bond acceptors (Lipinski definition) is 4. The van der Waals surface area contributed by atoms with Gasteiger partial charge in [-0.25, -0.2) is 0 Å². The smallest absolute Gasteiger partial charge is 0.416 e. The van der Waals surface area contributed by atoms with Crippen molar-refractivity contribution < 1.29 is 17.9 Å². The molecule has 1 atom stereocenters. The summed E-state index contributed by atoms with van der Waals surface area (Å²) in [7, 11) is 6.98. The van der Waals surface area contributed by atoms with Gasteiger partial charge < -0.3 is 4.74 Å². The van der Waals surface area contributed by atoms with Crippen molar-refractivity contribution in [1.82, 2.24) is 9.88 Å². The number of halogens is 3. The van der Waals surface area contributed by atoms with E-state index in [1.54, 1.807) is 5.51 Å². The summed E-state index contributed by atoms with van der Waals surface area (Å²) in [5.74, 6) is 0.424. The van der Waals surface area contributed by atoms with Crippen LogP contribution in [0.2, 0.25) is 0 Å². The number of fused-ring (bicyclic) bond motifs is 1. The fourth-order valence-electron chi connectivity index (χ4n) is 3.88. The first-order chi connectivity index (χ1) is 14.4. The third-order valence-corrected chi connectivity index (χ3v) is 6.31. The Hall–Kier alpha value is -2.32. The van der Waals surface area contributed by atoms with Crippen LogP contribution < -0.4 is 4.74 Å². The first-order valence-electron chi connectivity index (χ1n) is 9.70. The van der Waals surface area contributed by atoms with Crippen LogP contribution in [-0.4, -0.2) is 37.4 Å². The molecule has 2 heterocycles. The first-order valence-corrected chi connectivity index (χ1v) is 10.6. The van der Waals surface area contributed by atoms with Gasteiger partial charge in [0.25, 0.3) is 0 Å². The van der Waals surface area contributed by atoms with Gasteiger partial charge in [-0.3, -0.25) is 9.88 Å². The van der Waals surface area contributed by atoms with Crippen molar-refractivity contribution >= 4 is 19.2 Å². The van der Waals surface area contributed by atoms with E-state index in [0.717, 1.165) is 35.5 Å². The summed E-state index contributed by atoms with van der Waals surface area (Å²) in [5.41, 5.74) is 2.69. The van der Waals surface area contributed by atoms with Gasteiger partial charge in [0.2, 0.25) is 0 Å². The van der Waals surface area contributed by atoms with Gasteiger partial charge in [0.05, 0.1) is 17.7 Å². The van der Waals surface area contributed by atoms with Crippen LogP contribution in [0.3, 0.4) is 0 Å². The monoisotopic (exact) mass is 428 g/mol. The molecule has 0 saturated carbocycles. The molecule has 8 heteroatoms. The molecular formula is C22H20BF3N2OS. The quantitative estimate of drug-likeness (QED) is 0.414. The van der Waals surface area contributed by atoms with Crippen LogP contribution in [0.1, 0.15) is 28.0 Å². The lowest BCUT2D eigenvalue weighted by Gasteiger charge is -2.46. The molecule has 0 aliphatic carbocycles. The Bertz CT molecular complexity index is 979. The number of alkyl halides is 3. The molecule has 0 spiro atoms. The van der Waals surface area contributed by atoms with Gasteiger partial charge in [0.1, 0.15) is 13.6 Å². The Morgan fingerprint density at radius 1 is 1.13 bits per heavy atom. The second-order valence-corrected chi connectivity index (χ2v) is 8.14. The van der Waals surface area contributed by atoms with Gasteiger partial charge >= 0.3 is 6.18 Å². The third-order valence-electron chi connectivity index (χ3n) is 5.41. The Balaban J connectivity index is 1.42. The minimum absolute atomic E-state index is 0.391. The van der Waals surface area contributed by atoms with E-state index < -0.39 is 17.2 Å². The fourth-order valence-corrected chi connectivity index (χ4v) is 4.65. The maximum Gasteiger partial charge on any atom is 0.416 e. The predicted octanol–water partition coefficient (Wildman–Crippen LogP) is 4.86. The average molecular weight is 428 g/mol. The van der Waals surface area contributed by atoms with Crippen molar-refractivity contribution in [3.8, 4) is 5.75 Å². The normalized spacial score (nSPS) is 19.4. The lowest BCUT2D eigenvalue weighted by Crippen LogP contribution is -2.52. The number of benzene rings is 2. The molecule has 0 N–H and O–H groups in total. The summed E-state index contributed by atoms with van der Waals surface area (Å²) >= 11 is 1.53. The SMILES string of the molecule is [B]C1(c2cncs2)c2ccccc2CCN1CCCOc1ccc(C(F)(F)F)cc1. The van der Waals surface area contributed by atoms with Gasteiger partial charge in [-0.05, 0) is 48.2 Å². The minimum Gasteiger partial charge on any atom is -0.494 e. The van der Waals surface area contributed by atoms with E-state index in [1.165, 1.54) is 29.0 Å². The first kappa shape index (κ1) is 20.9. The van der Waals surface area contributed by atoms with E-state index in [9.17, 15) is 13.2 Å². The molecule has 2 aromatic carbocycles. The molecule has 0 amide bonds. The maximum absolute atomic E-state index is 12.7. The molecule has 30 heavy (non-hydrogen) atoms. The zero-order valence-electron chi connectivity index (χ0n) is 16.2. The van der Waals surface area contributed by atoms with Gasteiger partial charge in [-0.1, -0.05) is 24.3 Å². The molecule has 3 aromatic rings. The highest BCUT2D eigenvalue weighted by atomic mass is 32.1. The van der Waals surface area contributed by atoms with Crippen molar-refractivity contribution in [3.05, 3.63) is 81.8 Å². The second-order valence-electron chi connectivity index (χ2n) is 7.25. The number of rotatable bonds is 6. The lowest BCUT2D eigenvalue weighted by molar-refractivity contribution is -0.137. The highest BCUT2D eigenvalue weighted by molar-refractivity contribution is 7.10. The number of nitrogens with zero attached hydrogens (tertiary/aromatic N) is 2. The second kappa shape index (κ2) is 8.43. The van der Waals surface area contributed by atoms with E-state index >= 15 is 0 Å². The molecular weight excluding hydrogens is 408 g/mol. The number of aromatic nitrogens is 1. The molecule has 1 aromatic heterocycles. The summed E-state index contributed by atoms with van der Waals surface area (Å²) in [6.07, 6.45) is -0.919. The minimum atomic E-state index is -4.34. The van der Waals surface area contributed by atoms with Gasteiger partial charge in [0, 0.05) is 29.6 Å². The standard InChI is InChI=1S/C22H20BF3N2OS/c23-21(20-14-27-15-30-20)19-5-2-1-4-16(19)10-12-28(21)11-3-13-29-18-8-6-17(7-9-18)22(24,25)26/h1-2,4-9,14-15H,3,10-13H2. The Kier molecular flexibility index (Phi) is 5.89. The molecule has 154 valence electrons. The third kappa shape index (κ3) is 4.11. The molecule has 0 bridgehead atoms. The molecule has 0 fully saturated rings. The molecule has 1 aliphatic rings. The summed E-state index contributed by atoms with van der Waals surface area (Å²) in [6, 6.07) is 13.0. The van der Waals surface area contributed by atoms with Gasteiger partial charge in [-0.2, -0.15) is 13.2 Å². The van der Waals surface area contributed by atoms with Gasteiger partial charge in [-0.15, -0.1) is 11.3 Å². The summed E-state index contributed by atoms with van der Waals surface area (Å²) in [5, 5.41) is 0. The van der Waals surface area contributed by atoms with Crippen LogP contribution in [0.4, 0.5) is 13.2 Å². The largest absolute Gasteiger partial charge is 0.494 e. The highest BCUT2D eigenvalue weighted by Crippen LogP contribution is 2.40. The van der Waals surface area contributed by atoms with Crippen LogP contribution in [0.15, 0.2) is 60.2 Å². The van der Waals surface area contributed by atoms with Crippen molar-refractivity contribution in [3.63, 3.8) is 0 Å². The van der Waals surface area contributed by atoms with E-state index in [1.807, 2.05) is 18.3 Å². The Morgan fingerprint density at radius 3 is 2.60 bits per heavy atom. The summed E-state index contributed by atoms with van der Waals surface area (Å²) in [4.78, 5) is 7.44. The van der Waals surface area contributed by atoms with Crippen molar-refractivity contribution in [2.24, 2.45) is 0 Å². The van der Waals surface area contributed by atoms with E-state index in [4.69, 9.17) is 12.6 Å². The van der Waals surface area contributed by atoms with Crippen LogP contribution in [0.5, 0.6) is 5.75 Å². The van der Waals surface area contributed by atoms with Crippen molar-refractivity contribution in [2.75, 3.05) is 19.7 Å². The van der Waals surface area contributed by atoms with Crippen LogP contribution in [-0.2, 0) is 18.0 Å². The van der Waals surface area contributed by atoms with Crippen molar-refractivity contribution in [2.45, 2.75) is 24.5 Å². The molecule has 2 radical (unpaired) electrons. The number of ether oxygens (including phenoxy) is 1. The molecule has 1 unspecified atom stereocenters. The van der Waals surface area contributed by atoms with E-state index in [2.05, 4.69) is 22.0 Å². The number of hydrogen-bond donors (Lipinski definition) is 0.